The first-order valence-corrected chi connectivity index (χ1v) is 6.15. The van der Waals surface area contributed by atoms with E-state index in [4.69, 9.17) is 4.74 Å². The van der Waals surface area contributed by atoms with Crippen molar-refractivity contribution in [3.05, 3.63) is 35.4 Å². The lowest BCUT2D eigenvalue weighted by molar-refractivity contribution is -0.116. The summed E-state index contributed by atoms with van der Waals surface area (Å²) in [6.45, 7) is -3.10. The molecule has 1 aliphatic rings. The van der Waals surface area contributed by atoms with E-state index in [1.165, 1.54) is 13.2 Å². The monoisotopic (exact) mass is 312 g/mol. The van der Waals surface area contributed by atoms with Crippen LogP contribution < -0.4 is 10.1 Å². The Hall–Kier alpha value is -2.35. The summed E-state index contributed by atoms with van der Waals surface area (Å²) in [5.41, 5.74) is 0.466. The summed E-state index contributed by atoms with van der Waals surface area (Å²) >= 11 is 4.67. The second-order valence-corrected chi connectivity index (χ2v) is 4.27. The lowest BCUT2D eigenvalue weighted by Gasteiger charge is -2.16. The molecule has 1 aromatic carbocycles. The number of nitrogens with one attached hydrogen (secondary N) is 1. The number of rotatable bonds is 3. The molecule has 8 heteroatoms. The number of ether oxygens (including phenoxy) is 2. The van der Waals surface area contributed by atoms with Crippen LogP contribution in [-0.4, -0.2) is 30.6 Å². The Kier molecular flexibility index (Phi) is 4.59. The van der Waals surface area contributed by atoms with Gasteiger partial charge >= 0.3 is 6.61 Å². The molecule has 0 aromatic heterocycles. The molecule has 0 unspecified atom stereocenters. The second-order valence-electron chi connectivity index (χ2n) is 3.89. The van der Waals surface area contributed by atoms with Crippen molar-refractivity contribution in [1.82, 2.24) is 5.32 Å². The van der Waals surface area contributed by atoms with E-state index in [0.29, 0.717) is 11.3 Å². The highest BCUT2D eigenvalue weighted by Gasteiger charge is 2.26. The van der Waals surface area contributed by atoms with E-state index in [2.05, 4.69) is 27.3 Å². The fourth-order valence-corrected chi connectivity index (χ4v) is 1.79. The van der Waals surface area contributed by atoms with Gasteiger partial charge in [0.15, 0.2) is 0 Å². The third-order valence-electron chi connectivity index (χ3n) is 2.53. The topological polar surface area (TPSA) is 59.9 Å². The van der Waals surface area contributed by atoms with Crippen LogP contribution in [0.25, 0.3) is 6.08 Å². The summed E-state index contributed by atoms with van der Waals surface area (Å²) in [5.74, 6) is -0.528. The predicted octanol–water partition coefficient (Wildman–Crippen LogP) is 2.13. The van der Waals surface area contributed by atoms with E-state index in [9.17, 15) is 13.6 Å². The van der Waals surface area contributed by atoms with Crippen LogP contribution in [0, 0.1) is 0 Å². The number of hydrogen-bond donors (Lipinski definition) is 1. The van der Waals surface area contributed by atoms with Crippen molar-refractivity contribution in [3.63, 3.8) is 0 Å². The summed E-state index contributed by atoms with van der Waals surface area (Å²) in [6, 6.07) is 6.66. The maximum Gasteiger partial charge on any atom is 0.388 e. The van der Waals surface area contributed by atoms with Crippen LogP contribution in [0.1, 0.15) is 5.56 Å². The Morgan fingerprint density at radius 1 is 1.33 bits per heavy atom. The van der Waals surface area contributed by atoms with Gasteiger partial charge in [0.2, 0.25) is 11.0 Å². The normalized spacial score (nSPS) is 16.8. The first-order valence-electron chi connectivity index (χ1n) is 5.74. The molecule has 1 aromatic rings. The number of halogens is 2. The number of aliphatic imine (C=N–C) groups is 1. The van der Waals surface area contributed by atoms with Crippen molar-refractivity contribution >= 4 is 35.2 Å². The Balaban J connectivity index is 2.36. The van der Waals surface area contributed by atoms with Crippen LogP contribution in [0.2, 0.25) is 0 Å². The SMILES string of the molecule is COc1ccc(C=C2C(=O)NC(=S)N=C2OC(F)F)cc1. The molecule has 0 spiro atoms. The fraction of sp³-hybridized carbons (Fsp3) is 0.154. The predicted molar refractivity (Wildman–Crippen MR) is 76.2 cm³/mol. The van der Waals surface area contributed by atoms with Crippen LogP contribution in [0.15, 0.2) is 34.8 Å². The van der Waals surface area contributed by atoms with E-state index in [1.54, 1.807) is 24.3 Å². The van der Waals surface area contributed by atoms with E-state index in [-0.39, 0.29) is 10.7 Å². The molecule has 0 saturated carbocycles. The van der Waals surface area contributed by atoms with E-state index in [0.717, 1.165) is 0 Å². The zero-order valence-electron chi connectivity index (χ0n) is 10.8. The Morgan fingerprint density at radius 2 is 2.00 bits per heavy atom. The Morgan fingerprint density at radius 3 is 2.57 bits per heavy atom. The molecule has 1 amide bonds. The lowest BCUT2D eigenvalue weighted by Crippen LogP contribution is -2.38. The number of alkyl halides is 2. The quantitative estimate of drug-likeness (QED) is 0.686. The molecule has 110 valence electrons. The molecule has 0 radical (unpaired) electrons. The molecule has 0 saturated heterocycles. The number of nitrogens with zero attached hydrogens (tertiary/aromatic N) is 1. The maximum atomic E-state index is 12.4. The van der Waals surface area contributed by atoms with Gasteiger partial charge in [-0.2, -0.15) is 13.8 Å². The number of methoxy groups -OCH3 is 1. The van der Waals surface area contributed by atoms with Crippen molar-refractivity contribution in [2.45, 2.75) is 6.61 Å². The number of hydrogen-bond acceptors (Lipinski definition) is 4. The zero-order valence-corrected chi connectivity index (χ0v) is 11.6. The van der Waals surface area contributed by atoms with E-state index < -0.39 is 18.4 Å². The van der Waals surface area contributed by atoms with Gasteiger partial charge in [-0.1, -0.05) is 12.1 Å². The van der Waals surface area contributed by atoms with Gasteiger partial charge in [-0.15, -0.1) is 0 Å². The molecule has 2 rings (SSSR count). The van der Waals surface area contributed by atoms with E-state index in [1.807, 2.05) is 0 Å². The minimum absolute atomic E-state index is 0.130. The Bertz CT molecular complexity index is 627. The molecule has 1 heterocycles. The van der Waals surface area contributed by atoms with Crippen LogP contribution in [0.3, 0.4) is 0 Å². The summed E-state index contributed by atoms with van der Waals surface area (Å²) in [7, 11) is 1.52. The molecule has 0 atom stereocenters. The maximum absolute atomic E-state index is 12.4. The molecule has 1 N–H and O–H groups in total. The lowest BCUT2D eigenvalue weighted by atomic mass is 10.1. The van der Waals surface area contributed by atoms with Gasteiger partial charge in [-0.25, -0.2) is 0 Å². The van der Waals surface area contributed by atoms with Crippen molar-refractivity contribution in [2.75, 3.05) is 7.11 Å². The van der Waals surface area contributed by atoms with Crippen LogP contribution in [0.5, 0.6) is 5.75 Å². The number of benzene rings is 1. The Labute approximate surface area is 124 Å². The second kappa shape index (κ2) is 6.40. The molecule has 1 aliphatic heterocycles. The first kappa shape index (κ1) is 15.0. The van der Waals surface area contributed by atoms with Gasteiger partial charge in [0.05, 0.1) is 7.11 Å². The molecule has 0 bridgehead atoms. The summed E-state index contributed by atoms with van der Waals surface area (Å²) < 4.78 is 34.0. The standard InChI is InChI=1S/C13H10F2N2O3S/c1-19-8-4-2-7(3-5-8)6-9-10(18)16-13(21)17-11(9)20-12(14)15/h2-6,12H,1H3,(H,16,18,21). The summed E-state index contributed by atoms with van der Waals surface area (Å²) in [5, 5.41) is 2.04. The van der Waals surface area contributed by atoms with Crippen molar-refractivity contribution < 1.29 is 23.0 Å². The van der Waals surface area contributed by atoms with Crippen molar-refractivity contribution in [3.8, 4) is 5.75 Å². The third-order valence-corrected chi connectivity index (χ3v) is 2.72. The molecular formula is C13H10F2N2O3S. The zero-order chi connectivity index (χ0) is 15.4. The smallest absolute Gasteiger partial charge is 0.388 e. The number of carbonyl (C=O) groups is 1. The highest BCUT2D eigenvalue weighted by atomic mass is 32.1. The van der Waals surface area contributed by atoms with Gasteiger partial charge in [-0.05, 0) is 36.0 Å². The molecule has 21 heavy (non-hydrogen) atoms. The molecule has 0 aliphatic carbocycles. The van der Waals surface area contributed by atoms with Crippen LogP contribution >= 0.6 is 12.2 Å². The van der Waals surface area contributed by atoms with Crippen molar-refractivity contribution in [2.24, 2.45) is 4.99 Å². The minimum Gasteiger partial charge on any atom is -0.497 e. The number of amides is 1. The highest BCUT2D eigenvalue weighted by Crippen LogP contribution is 2.17. The summed E-state index contributed by atoms with van der Waals surface area (Å²) in [4.78, 5) is 15.4. The molecule has 5 nitrogen and oxygen atoms in total. The minimum atomic E-state index is -3.10. The van der Waals surface area contributed by atoms with Gasteiger partial charge in [0.1, 0.15) is 11.3 Å². The molecular weight excluding hydrogens is 302 g/mol. The first-order chi connectivity index (χ1) is 9.99. The fourth-order valence-electron chi connectivity index (χ4n) is 1.61. The van der Waals surface area contributed by atoms with Crippen LogP contribution in [0.4, 0.5) is 8.78 Å². The van der Waals surface area contributed by atoms with Gasteiger partial charge in [0.25, 0.3) is 5.91 Å². The van der Waals surface area contributed by atoms with Crippen molar-refractivity contribution in [1.29, 1.82) is 0 Å². The number of carbonyl (C=O) groups excluding carboxylic acids is 1. The van der Waals surface area contributed by atoms with Gasteiger partial charge < -0.3 is 9.47 Å². The number of thiocarbonyl (C=S) groups is 1. The molecule has 0 fully saturated rings. The van der Waals surface area contributed by atoms with E-state index >= 15 is 0 Å². The average molecular weight is 312 g/mol. The largest absolute Gasteiger partial charge is 0.497 e. The highest BCUT2D eigenvalue weighted by molar-refractivity contribution is 7.80. The third kappa shape index (κ3) is 3.82. The van der Waals surface area contributed by atoms with Gasteiger partial charge in [0, 0.05) is 0 Å². The summed E-state index contributed by atoms with van der Waals surface area (Å²) in [6.07, 6.45) is 1.37. The van der Waals surface area contributed by atoms with Gasteiger partial charge in [-0.3, -0.25) is 10.1 Å². The van der Waals surface area contributed by atoms with Crippen LogP contribution in [-0.2, 0) is 9.53 Å². The average Bonchev–Trinajstić information content (AvgIpc) is 2.42.